The molecule has 0 aliphatic rings. The predicted octanol–water partition coefficient (Wildman–Crippen LogP) is 1.44. The van der Waals surface area contributed by atoms with Gasteiger partial charge in [-0.3, -0.25) is 4.79 Å². The molecule has 1 atom stereocenters. The van der Waals surface area contributed by atoms with Crippen molar-refractivity contribution in [1.82, 2.24) is 4.98 Å². The molecule has 0 radical (unpaired) electrons. The Morgan fingerprint density at radius 2 is 1.95 bits per heavy atom. The first-order chi connectivity index (χ1) is 8.70. The topological polar surface area (TPSA) is 99.5 Å². The van der Waals surface area contributed by atoms with Crippen molar-refractivity contribution in [3.8, 4) is 0 Å². The number of carboxylic acids is 2. The van der Waals surface area contributed by atoms with E-state index in [1.165, 1.54) is 0 Å². The number of hydrogen-bond acceptors (Lipinski definition) is 4. The second-order valence-corrected chi connectivity index (χ2v) is 3.54. The molecule has 6 nitrogen and oxygen atoms in total. The molecule has 1 unspecified atom stereocenters. The highest BCUT2D eigenvalue weighted by Gasteiger charge is 2.32. The van der Waals surface area contributed by atoms with E-state index in [2.05, 4.69) is 10.3 Å². The summed E-state index contributed by atoms with van der Waals surface area (Å²) in [5.41, 5.74) is -1.20. The summed E-state index contributed by atoms with van der Waals surface area (Å²) < 4.78 is 37.1. The minimum Gasteiger partial charge on any atom is -0.481 e. The van der Waals surface area contributed by atoms with E-state index >= 15 is 0 Å². The van der Waals surface area contributed by atoms with E-state index in [1.54, 1.807) is 0 Å². The van der Waals surface area contributed by atoms with Gasteiger partial charge in [-0.15, -0.1) is 0 Å². The highest BCUT2D eigenvalue weighted by Crippen LogP contribution is 2.28. The van der Waals surface area contributed by atoms with Crippen LogP contribution in [0.25, 0.3) is 0 Å². The fourth-order valence-electron chi connectivity index (χ4n) is 1.23. The maximum Gasteiger partial charge on any atom is 0.433 e. The van der Waals surface area contributed by atoms with Crippen molar-refractivity contribution >= 4 is 17.8 Å². The lowest BCUT2D eigenvalue weighted by atomic mass is 10.2. The van der Waals surface area contributed by atoms with Gasteiger partial charge in [0.2, 0.25) is 0 Å². The Balaban J connectivity index is 2.91. The van der Waals surface area contributed by atoms with Crippen molar-refractivity contribution < 1.29 is 33.0 Å². The lowest BCUT2D eigenvalue weighted by Gasteiger charge is -2.14. The van der Waals surface area contributed by atoms with Crippen LogP contribution in [0.2, 0.25) is 0 Å². The molecule has 1 aromatic rings. The van der Waals surface area contributed by atoms with Crippen LogP contribution in [-0.4, -0.2) is 33.2 Å². The molecule has 0 bridgehead atoms. The highest BCUT2D eigenvalue weighted by atomic mass is 19.4. The van der Waals surface area contributed by atoms with Crippen LogP contribution in [0, 0.1) is 0 Å². The number of alkyl halides is 3. The van der Waals surface area contributed by atoms with Gasteiger partial charge >= 0.3 is 18.1 Å². The summed E-state index contributed by atoms with van der Waals surface area (Å²) in [5.74, 6) is -3.25. The van der Waals surface area contributed by atoms with Crippen LogP contribution in [0.1, 0.15) is 12.1 Å². The number of nitrogens with one attached hydrogen (secondary N) is 1. The van der Waals surface area contributed by atoms with Gasteiger partial charge in [0.05, 0.1) is 6.42 Å². The number of rotatable bonds is 5. The predicted molar refractivity (Wildman–Crippen MR) is 56.5 cm³/mol. The molecule has 104 valence electrons. The molecular weight excluding hydrogens is 269 g/mol. The minimum atomic E-state index is -4.66. The third kappa shape index (κ3) is 4.45. The van der Waals surface area contributed by atoms with E-state index < -0.39 is 36.3 Å². The quantitative estimate of drug-likeness (QED) is 0.753. The Morgan fingerprint density at radius 3 is 2.42 bits per heavy atom. The molecule has 0 aliphatic heterocycles. The average molecular weight is 278 g/mol. The first kappa shape index (κ1) is 14.7. The van der Waals surface area contributed by atoms with Crippen LogP contribution >= 0.6 is 0 Å². The van der Waals surface area contributed by atoms with E-state index in [1.807, 2.05) is 0 Å². The summed E-state index contributed by atoms with van der Waals surface area (Å²) >= 11 is 0. The van der Waals surface area contributed by atoms with Crippen LogP contribution < -0.4 is 5.32 Å². The number of aliphatic carboxylic acids is 2. The largest absolute Gasteiger partial charge is 0.481 e. The van der Waals surface area contributed by atoms with Gasteiger partial charge in [0.25, 0.3) is 0 Å². The second-order valence-electron chi connectivity index (χ2n) is 3.54. The number of carbonyl (C=O) groups is 2. The van der Waals surface area contributed by atoms with Gasteiger partial charge < -0.3 is 15.5 Å². The fraction of sp³-hybridized carbons (Fsp3) is 0.300. The summed E-state index contributed by atoms with van der Waals surface area (Å²) in [6.07, 6.45) is -5.45. The van der Waals surface area contributed by atoms with Gasteiger partial charge in [-0.25, -0.2) is 9.78 Å². The smallest absolute Gasteiger partial charge is 0.433 e. The maximum absolute atomic E-state index is 12.4. The summed E-state index contributed by atoms with van der Waals surface area (Å²) in [6, 6.07) is 1.32. The summed E-state index contributed by atoms with van der Waals surface area (Å²) in [4.78, 5) is 24.4. The molecule has 0 fully saturated rings. The van der Waals surface area contributed by atoms with E-state index in [4.69, 9.17) is 10.2 Å². The standard InChI is InChI=1S/C10H9F3N2O4/c11-10(12,13)6-2-1-3-7(15-6)14-5(9(18)19)4-8(16)17/h1-3,5H,4H2,(H,14,15)(H,16,17)(H,18,19). The third-order valence-electron chi connectivity index (χ3n) is 2.04. The Bertz CT molecular complexity index is 490. The van der Waals surface area contributed by atoms with Crippen LogP contribution in [0.15, 0.2) is 18.2 Å². The average Bonchev–Trinajstić information content (AvgIpc) is 2.26. The Hall–Kier alpha value is -2.32. The van der Waals surface area contributed by atoms with E-state index in [0.29, 0.717) is 0 Å². The van der Waals surface area contributed by atoms with Gasteiger partial charge in [-0.2, -0.15) is 13.2 Å². The van der Waals surface area contributed by atoms with Gasteiger partial charge in [0, 0.05) is 0 Å². The molecule has 19 heavy (non-hydrogen) atoms. The number of halogens is 3. The molecule has 1 rings (SSSR count). The molecule has 9 heteroatoms. The van der Waals surface area contributed by atoms with Gasteiger partial charge in [0.1, 0.15) is 17.6 Å². The van der Waals surface area contributed by atoms with Crippen LogP contribution in [-0.2, 0) is 15.8 Å². The highest BCUT2D eigenvalue weighted by molar-refractivity contribution is 5.83. The van der Waals surface area contributed by atoms with Crippen molar-refractivity contribution in [2.45, 2.75) is 18.6 Å². The molecule has 0 saturated carbocycles. The van der Waals surface area contributed by atoms with Crippen molar-refractivity contribution in [3.05, 3.63) is 23.9 Å². The first-order valence-corrected chi connectivity index (χ1v) is 4.95. The SMILES string of the molecule is O=C(O)CC(Nc1cccc(C(F)(F)F)n1)C(=O)O. The summed E-state index contributed by atoms with van der Waals surface area (Å²) in [7, 11) is 0. The Labute approximate surface area is 104 Å². The molecule has 0 amide bonds. The number of pyridine rings is 1. The van der Waals surface area contributed by atoms with Crippen molar-refractivity contribution in [2.24, 2.45) is 0 Å². The molecule has 0 aromatic carbocycles. The number of nitrogens with zero attached hydrogens (tertiary/aromatic N) is 1. The zero-order valence-corrected chi connectivity index (χ0v) is 9.31. The van der Waals surface area contributed by atoms with Crippen LogP contribution in [0.5, 0.6) is 0 Å². The number of aromatic nitrogens is 1. The van der Waals surface area contributed by atoms with E-state index in [9.17, 15) is 22.8 Å². The van der Waals surface area contributed by atoms with Crippen molar-refractivity contribution in [1.29, 1.82) is 0 Å². The fourth-order valence-corrected chi connectivity index (χ4v) is 1.23. The Morgan fingerprint density at radius 1 is 1.32 bits per heavy atom. The summed E-state index contributed by atoms with van der Waals surface area (Å²) in [5, 5.41) is 19.4. The number of hydrogen-bond donors (Lipinski definition) is 3. The minimum absolute atomic E-state index is 0.358. The Kier molecular flexibility index (Phi) is 4.30. The molecule has 3 N–H and O–H groups in total. The maximum atomic E-state index is 12.4. The monoisotopic (exact) mass is 278 g/mol. The zero-order valence-electron chi connectivity index (χ0n) is 9.31. The molecule has 1 aromatic heterocycles. The molecule has 0 aliphatic carbocycles. The van der Waals surface area contributed by atoms with Crippen molar-refractivity contribution in [3.63, 3.8) is 0 Å². The lowest BCUT2D eigenvalue weighted by molar-refractivity contribution is -0.144. The van der Waals surface area contributed by atoms with Gasteiger partial charge in [0.15, 0.2) is 0 Å². The molecule has 0 spiro atoms. The second kappa shape index (κ2) is 5.55. The number of anilines is 1. The zero-order chi connectivity index (χ0) is 14.6. The molecule has 0 saturated heterocycles. The van der Waals surface area contributed by atoms with Crippen LogP contribution in [0.4, 0.5) is 19.0 Å². The first-order valence-electron chi connectivity index (χ1n) is 4.95. The van der Waals surface area contributed by atoms with E-state index in [-0.39, 0.29) is 5.82 Å². The van der Waals surface area contributed by atoms with Crippen LogP contribution in [0.3, 0.4) is 0 Å². The third-order valence-corrected chi connectivity index (χ3v) is 2.04. The lowest BCUT2D eigenvalue weighted by Crippen LogP contribution is -2.32. The number of carboxylic acid groups (broad SMARTS) is 2. The van der Waals surface area contributed by atoms with Gasteiger partial charge in [-0.1, -0.05) is 6.07 Å². The normalized spacial score (nSPS) is 12.8. The van der Waals surface area contributed by atoms with Crippen molar-refractivity contribution in [2.75, 3.05) is 5.32 Å². The molecule has 1 heterocycles. The van der Waals surface area contributed by atoms with Gasteiger partial charge in [-0.05, 0) is 12.1 Å². The molecular formula is C10H9F3N2O4. The van der Waals surface area contributed by atoms with E-state index in [0.717, 1.165) is 18.2 Å². The summed E-state index contributed by atoms with van der Waals surface area (Å²) in [6.45, 7) is 0.